The molecule has 1 atom stereocenters. The van der Waals surface area contributed by atoms with Crippen LogP contribution in [0.4, 0.5) is 0 Å². The first kappa shape index (κ1) is 16.6. The van der Waals surface area contributed by atoms with Gasteiger partial charge in [0.15, 0.2) is 0 Å². The number of carbonyl (C=O) groups is 2. The molecule has 1 aromatic heterocycles. The first-order valence-corrected chi connectivity index (χ1v) is 8.93. The average molecular weight is 344 g/mol. The Bertz CT molecular complexity index is 756. The molecule has 0 aliphatic carbocycles. The minimum Gasteiger partial charge on any atom is -0.478 e. The first-order chi connectivity index (χ1) is 11.5. The quantitative estimate of drug-likeness (QED) is 0.925. The van der Waals surface area contributed by atoms with E-state index in [1.165, 1.54) is 0 Å². The summed E-state index contributed by atoms with van der Waals surface area (Å²) in [5, 5.41) is 12.1. The van der Waals surface area contributed by atoms with Crippen molar-refractivity contribution in [3.8, 4) is 0 Å². The highest BCUT2D eigenvalue weighted by molar-refractivity contribution is 7.09. The molecular formula is C18H20N2O3S. The first-order valence-electron chi connectivity index (χ1n) is 8.05. The molecule has 0 unspecified atom stereocenters. The largest absolute Gasteiger partial charge is 0.478 e. The van der Waals surface area contributed by atoms with Crippen molar-refractivity contribution in [3.05, 3.63) is 51.5 Å². The summed E-state index contributed by atoms with van der Waals surface area (Å²) < 4.78 is 0. The summed E-state index contributed by atoms with van der Waals surface area (Å²) in [5.74, 6) is -0.627. The Labute approximate surface area is 145 Å². The monoisotopic (exact) mass is 344 g/mol. The van der Waals surface area contributed by atoms with E-state index < -0.39 is 5.97 Å². The van der Waals surface area contributed by atoms with Gasteiger partial charge in [0, 0.05) is 24.4 Å². The SMILES string of the molecule is Cc1nc(CC(=O)N2CCC[C@H](c3cccc(C(=O)O)c3)C2)cs1. The lowest BCUT2D eigenvalue weighted by Crippen LogP contribution is -2.40. The maximum absolute atomic E-state index is 12.5. The van der Waals surface area contributed by atoms with Gasteiger partial charge in [0.2, 0.25) is 5.91 Å². The van der Waals surface area contributed by atoms with Crippen molar-refractivity contribution in [2.75, 3.05) is 13.1 Å². The Morgan fingerprint density at radius 3 is 2.96 bits per heavy atom. The summed E-state index contributed by atoms with van der Waals surface area (Å²) >= 11 is 1.56. The van der Waals surface area contributed by atoms with Gasteiger partial charge in [-0.25, -0.2) is 9.78 Å². The fourth-order valence-electron chi connectivity index (χ4n) is 3.16. The van der Waals surface area contributed by atoms with Crippen LogP contribution >= 0.6 is 11.3 Å². The molecule has 5 nitrogen and oxygen atoms in total. The van der Waals surface area contributed by atoms with E-state index in [4.69, 9.17) is 5.11 Å². The lowest BCUT2D eigenvalue weighted by Gasteiger charge is -2.33. The average Bonchev–Trinajstić information content (AvgIpc) is 3.00. The van der Waals surface area contributed by atoms with Gasteiger partial charge in [0.25, 0.3) is 0 Å². The maximum Gasteiger partial charge on any atom is 0.335 e. The Hall–Kier alpha value is -2.21. The van der Waals surface area contributed by atoms with Crippen LogP contribution < -0.4 is 0 Å². The number of piperidine rings is 1. The maximum atomic E-state index is 12.5. The van der Waals surface area contributed by atoms with Crippen LogP contribution in [-0.2, 0) is 11.2 Å². The number of hydrogen-bond acceptors (Lipinski definition) is 4. The zero-order chi connectivity index (χ0) is 17.1. The number of aryl methyl sites for hydroxylation is 1. The van der Waals surface area contributed by atoms with Gasteiger partial charge in [-0.2, -0.15) is 0 Å². The Morgan fingerprint density at radius 1 is 1.42 bits per heavy atom. The van der Waals surface area contributed by atoms with E-state index >= 15 is 0 Å². The summed E-state index contributed by atoms with van der Waals surface area (Å²) in [6.45, 7) is 3.34. The minimum atomic E-state index is -0.917. The van der Waals surface area contributed by atoms with Crippen LogP contribution in [0.25, 0.3) is 0 Å². The van der Waals surface area contributed by atoms with Crippen LogP contribution in [0.1, 0.15) is 45.4 Å². The number of aromatic nitrogens is 1. The topological polar surface area (TPSA) is 70.5 Å². The summed E-state index contributed by atoms with van der Waals surface area (Å²) in [6, 6.07) is 7.05. The van der Waals surface area contributed by atoms with Crippen LogP contribution in [0.5, 0.6) is 0 Å². The molecule has 1 saturated heterocycles. The molecule has 1 aliphatic rings. The number of nitrogens with zero attached hydrogens (tertiary/aromatic N) is 2. The normalized spacial score (nSPS) is 17.7. The number of aromatic carboxylic acids is 1. The molecule has 1 aliphatic heterocycles. The van der Waals surface area contributed by atoms with Gasteiger partial charge in [-0.15, -0.1) is 11.3 Å². The molecule has 2 aromatic rings. The molecule has 24 heavy (non-hydrogen) atoms. The second kappa shape index (κ2) is 7.13. The van der Waals surface area contributed by atoms with Crippen molar-refractivity contribution in [1.29, 1.82) is 0 Å². The molecule has 3 rings (SSSR count). The molecule has 0 bridgehead atoms. The van der Waals surface area contributed by atoms with Crippen molar-refractivity contribution in [2.45, 2.75) is 32.1 Å². The Kier molecular flexibility index (Phi) is 4.94. The molecule has 6 heteroatoms. The van der Waals surface area contributed by atoms with Crippen molar-refractivity contribution >= 4 is 23.2 Å². The lowest BCUT2D eigenvalue weighted by molar-refractivity contribution is -0.131. The number of likely N-dealkylation sites (tertiary alicyclic amines) is 1. The highest BCUT2D eigenvalue weighted by Crippen LogP contribution is 2.28. The summed E-state index contributed by atoms with van der Waals surface area (Å²) in [4.78, 5) is 29.9. The van der Waals surface area contributed by atoms with Crippen molar-refractivity contribution in [1.82, 2.24) is 9.88 Å². The van der Waals surface area contributed by atoms with Gasteiger partial charge < -0.3 is 10.0 Å². The van der Waals surface area contributed by atoms with Gasteiger partial charge in [-0.05, 0) is 37.5 Å². The number of thiazole rings is 1. The molecule has 0 saturated carbocycles. The minimum absolute atomic E-state index is 0.0967. The van der Waals surface area contributed by atoms with Gasteiger partial charge >= 0.3 is 5.97 Å². The summed E-state index contributed by atoms with van der Waals surface area (Å²) in [6.07, 6.45) is 2.25. The molecule has 2 heterocycles. The van der Waals surface area contributed by atoms with Gasteiger partial charge in [0.05, 0.1) is 22.7 Å². The van der Waals surface area contributed by atoms with Crippen LogP contribution in [0.15, 0.2) is 29.6 Å². The number of carbonyl (C=O) groups excluding carboxylic acids is 1. The Morgan fingerprint density at radius 2 is 2.25 bits per heavy atom. The molecule has 126 valence electrons. The van der Waals surface area contributed by atoms with Gasteiger partial charge in [-0.3, -0.25) is 4.79 Å². The third-order valence-electron chi connectivity index (χ3n) is 4.38. The molecule has 1 aromatic carbocycles. The number of carboxylic acids is 1. The molecule has 0 radical (unpaired) electrons. The standard InChI is InChI=1S/C18H20N2O3S/c1-12-19-16(11-24-12)9-17(21)20-7-3-6-15(10-20)13-4-2-5-14(8-13)18(22)23/h2,4-5,8,11,15H,3,6-7,9-10H2,1H3,(H,22,23)/t15-/m0/s1. The third-order valence-corrected chi connectivity index (χ3v) is 5.20. The van der Waals surface area contributed by atoms with E-state index in [1.54, 1.807) is 29.5 Å². The zero-order valence-corrected chi connectivity index (χ0v) is 14.4. The van der Waals surface area contributed by atoms with E-state index in [-0.39, 0.29) is 11.8 Å². The number of rotatable bonds is 4. The van der Waals surface area contributed by atoms with Crippen molar-refractivity contribution in [3.63, 3.8) is 0 Å². The number of carboxylic acid groups (broad SMARTS) is 1. The van der Waals surface area contributed by atoms with Crippen LogP contribution in [0.3, 0.4) is 0 Å². The summed E-state index contributed by atoms with van der Waals surface area (Å²) in [7, 11) is 0. The second-order valence-corrected chi connectivity index (χ2v) is 7.21. The predicted molar refractivity (Wildman–Crippen MR) is 92.5 cm³/mol. The van der Waals surface area contributed by atoms with Crippen LogP contribution in [0.2, 0.25) is 0 Å². The van der Waals surface area contributed by atoms with Crippen molar-refractivity contribution in [2.24, 2.45) is 0 Å². The highest BCUT2D eigenvalue weighted by atomic mass is 32.1. The predicted octanol–water partition coefficient (Wildman–Crippen LogP) is 3.10. The van der Waals surface area contributed by atoms with E-state index in [0.29, 0.717) is 18.5 Å². The number of amides is 1. The van der Waals surface area contributed by atoms with E-state index in [1.807, 2.05) is 23.3 Å². The van der Waals surface area contributed by atoms with Crippen LogP contribution in [-0.4, -0.2) is 40.0 Å². The molecule has 1 fully saturated rings. The molecule has 1 amide bonds. The summed E-state index contributed by atoms with van der Waals surface area (Å²) in [5.41, 5.74) is 2.13. The van der Waals surface area contributed by atoms with Gasteiger partial charge in [0.1, 0.15) is 0 Å². The molecular weight excluding hydrogens is 324 g/mol. The zero-order valence-electron chi connectivity index (χ0n) is 13.6. The van der Waals surface area contributed by atoms with E-state index in [2.05, 4.69) is 4.98 Å². The fourth-order valence-corrected chi connectivity index (χ4v) is 3.77. The van der Waals surface area contributed by atoms with Gasteiger partial charge in [-0.1, -0.05) is 12.1 Å². The van der Waals surface area contributed by atoms with Crippen LogP contribution in [0, 0.1) is 6.92 Å². The molecule has 0 spiro atoms. The molecule has 1 N–H and O–H groups in total. The van der Waals surface area contributed by atoms with Crippen molar-refractivity contribution < 1.29 is 14.7 Å². The second-order valence-electron chi connectivity index (χ2n) is 6.14. The Balaban J connectivity index is 1.68. The highest BCUT2D eigenvalue weighted by Gasteiger charge is 2.25. The smallest absolute Gasteiger partial charge is 0.335 e. The lowest BCUT2D eigenvalue weighted by atomic mass is 9.89. The third kappa shape index (κ3) is 3.82. The number of benzene rings is 1. The van der Waals surface area contributed by atoms with E-state index in [0.717, 1.165) is 35.7 Å². The number of hydrogen-bond donors (Lipinski definition) is 1. The fraction of sp³-hybridized carbons (Fsp3) is 0.389. The van der Waals surface area contributed by atoms with E-state index in [9.17, 15) is 9.59 Å².